The smallest absolute Gasteiger partial charge is 0.101 e. The van der Waals surface area contributed by atoms with Crippen molar-refractivity contribution in [1.82, 2.24) is 19.3 Å². The predicted molar refractivity (Wildman–Crippen MR) is 79.9 cm³/mol. The lowest BCUT2D eigenvalue weighted by atomic mass is 10.1. The zero-order valence-electron chi connectivity index (χ0n) is 12.0. The van der Waals surface area contributed by atoms with Crippen LogP contribution in [0.15, 0.2) is 36.8 Å². The zero-order valence-corrected chi connectivity index (χ0v) is 12.0. The molecule has 1 aromatic carbocycles. The zero-order chi connectivity index (χ0) is 14.4. The van der Waals surface area contributed by atoms with Gasteiger partial charge in [0, 0.05) is 24.9 Å². The molecule has 1 aliphatic carbocycles. The van der Waals surface area contributed by atoms with E-state index in [1.165, 1.54) is 12.8 Å². The van der Waals surface area contributed by atoms with E-state index in [0.29, 0.717) is 12.5 Å². The molecule has 1 saturated carbocycles. The molecule has 0 saturated heterocycles. The van der Waals surface area contributed by atoms with Crippen LogP contribution in [0.3, 0.4) is 0 Å². The highest BCUT2D eigenvalue weighted by Crippen LogP contribution is 2.37. The van der Waals surface area contributed by atoms with Gasteiger partial charge >= 0.3 is 0 Å². The number of hydrogen-bond acceptors (Lipinski definition) is 3. The summed E-state index contributed by atoms with van der Waals surface area (Å²) in [6, 6.07) is 8.65. The average Bonchev–Trinajstić information content (AvgIpc) is 3.14. The molecule has 2 heterocycles. The van der Waals surface area contributed by atoms with Gasteiger partial charge in [0.05, 0.1) is 29.4 Å². The number of fused-ring (bicyclic) bond motifs is 1. The van der Waals surface area contributed by atoms with E-state index in [9.17, 15) is 5.11 Å². The summed E-state index contributed by atoms with van der Waals surface area (Å²) in [5.74, 6) is 0. The first kappa shape index (κ1) is 12.6. The molecule has 0 bridgehead atoms. The van der Waals surface area contributed by atoms with Crippen molar-refractivity contribution in [3.63, 3.8) is 0 Å². The molecular weight excluding hydrogens is 264 g/mol. The first-order valence-corrected chi connectivity index (χ1v) is 7.34. The van der Waals surface area contributed by atoms with Gasteiger partial charge in [-0.1, -0.05) is 18.2 Å². The summed E-state index contributed by atoms with van der Waals surface area (Å²) in [7, 11) is 1.94. The molecule has 108 valence electrons. The Bertz CT molecular complexity index is 785. The summed E-state index contributed by atoms with van der Waals surface area (Å²) in [5, 5.41) is 16.2. The van der Waals surface area contributed by atoms with Crippen molar-refractivity contribution >= 4 is 10.9 Å². The molecule has 0 amide bonds. The maximum Gasteiger partial charge on any atom is 0.101 e. The molecule has 1 aliphatic rings. The second-order valence-electron chi connectivity index (χ2n) is 5.76. The lowest BCUT2D eigenvalue weighted by molar-refractivity contribution is 0.167. The van der Waals surface area contributed by atoms with Crippen LogP contribution in [0.5, 0.6) is 0 Å². The molecule has 0 radical (unpaired) electrons. The Hall–Kier alpha value is -2.14. The van der Waals surface area contributed by atoms with Gasteiger partial charge in [0.2, 0.25) is 0 Å². The van der Waals surface area contributed by atoms with Crippen molar-refractivity contribution in [2.24, 2.45) is 7.05 Å². The predicted octanol–water partition coefficient (Wildman–Crippen LogP) is 2.38. The molecule has 5 nitrogen and oxygen atoms in total. The van der Waals surface area contributed by atoms with E-state index in [-0.39, 0.29) is 0 Å². The van der Waals surface area contributed by atoms with Crippen molar-refractivity contribution in [2.45, 2.75) is 31.4 Å². The van der Waals surface area contributed by atoms with Gasteiger partial charge in [0.25, 0.3) is 0 Å². The fourth-order valence-electron chi connectivity index (χ4n) is 2.96. The van der Waals surface area contributed by atoms with Gasteiger partial charge in [0.15, 0.2) is 0 Å². The number of para-hydroxylation sites is 1. The maximum absolute atomic E-state index is 10.6. The first-order chi connectivity index (χ1) is 10.2. The van der Waals surface area contributed by atoms with Gasteiger partial charge in [0.1, 0.15) is 6.10 Å². The monoisotopic (exact) mass is 282 g/mol. The van der Waals surface area contributed by atoms with Crippen LogP contribution < -0.4 is 0 Å². The van der Waals surface area contributed by atoms with Crippen molar-refractivity contribution in [3.8, 4) is 0 Å². The van der Waals surface area contributed by atoms with Crippen LogP contribution in [0.1, 0.15) is 36.4 Å². The van der Waals surface area contributed by atoms with E-state index in [0.717, 1.165) is 22.3 Å². The number of hydrogen-bond donors (Lipinski definition) is 1. The Kier molecular flexibility index (Phi) is 2.82. The quantitative estimate of drug-likeness (QED) is 0.799. The number of aliphatic hydroxyl groups excluding tert-OH is 1. The van der Waals surface area contributed by atoms with Crippen LogP contribution in [0.25, 0.3) is 10.9 Å². The largest absolute Gasteiger partial charge is 0.386 e. The summed E-state index contributed by atoms with van der Waals surface area (Å²) in [6.45, 7) is 0. The third-order valence-corrected chi connectivity index (χ3v) is 4.20. The van der Waals surface area contributed by atoms with E-state index >= 15 is 0 Å². The third-order valence-electron chi connectivity index (χ3n) is 4.20. The molecule has 2 aromatic heterocycles. The van der Waals surface area contributed by atoms with E-state index in [1.807, 2.05) is 36.3 Å². The summed E-state index contributed by atoms with van der Waals surface area (Å²) < 4.78 is 3.98. The fraction of sp³-hybridized carbons (Fsp3) is 0.375. The molecule has 0 spiro atoms. The Balaban J connectivity index is 1.66. The number of aryl methyl sites for hydroxylation is 1. The minimum absolute atomic E-state index is 0.514. The van der Waals surface area contributed by atoms with Gasteiger partial charge in [-0.3, -0.25) is 4.68 Å². The summed E-state index contributed by atoms with van der Waals surface area (Å²) in [6.07, 6.45) is 5.91. The van der Waals surface area contributed by atoms with Crippen LogP contribution in [0, 0.1) is 0 Å². The normalized spacial score (nSPS) is 16.5. The number of rotatable bonds is 4. The van der Waals surface area contributed by atoms with Crippen molar-refractivity contribution in [3.05, 3.63) is 48.2 Å². The van der Waals surface area contributed by atoms with Gasteiger partial charge in [-0.15, -0.1) is 0 Å². The van der Waals surface area contributed by atoms with Gasteiger partial charge in [-0.05, 0) is 18.9 Å². The number of aromatic nitrogens is 4. The molecule has 1 fully saturated rings. The standard InChI is InChI=1S/C16H18N4O/c1-19-14-5-3-2-4-12(14)13(18-19)8-16(21)15-9-17-10-20(15)11-6-7-11/h2-5,9-11,16,21H,6-8H2,1H3. The molecule has 4 rings (SSSR count). The SMILES string of the molecule is Cn1nc(CC(O)c2cncn2C2CC2)c2ccccc21. The summed E-state index contributed by atoms with van der Waals surface area (Å²) >= 11 is 0. The van der Waals surface area contributed by atoms with Crippen molar-refractivity contribution in [1.29, 1.82) is 0 Å². The van der Waals surface area contributed by atoms with Crippen LogP contribution in [-0.4, -0.2) is 24.4 Å². The van der Waals surface area contributed by atoms with Crippen LogP contribution in [0.4, 0.5) is 0 Å². The molecule has 5 heteroatoms. The maximum atomic E-state index is 10.6. The van der Waals surface area contributed by atoms with E-state index in [4.69, 9.17) is 0 Å². The minimum atomic E-state index is -0.564. The molecule has 21 heavy (non-hydrogen) atoms. The van der Waals surface area contributed by atoms with Crippen LogP contribution in [0.2, 0.25) is 0 Å². The third kappa shape index (κ3) is 2.14. The highest BCUT2D eigenvalue weighted by Gasteiger charge is 2.27. The molecule has 1 N–H and O–H groups in total. The highest BCUT2D eigenvalue weighted by atomic mass is 16.3. The summed E-state index contributed by atoms with van der Waals surface area (Å²) in [5.41, 5.74) is 2.92. The van der Waals surface area contributed by atoms with Gasteiger partial charge in [-0.2, -0.15) is 5.10 Å². The molecule has 3 aromatic rings. The molecular formula is C16H18N4O. The Morgan fingerprint density at radius 3 is 2.95 bits per heavy atom. The number of imidazole rings is 1. The average molecular weight is 282 g/mol. The molecule has 1 unspecified atom stereocenters. The lowest BCUT2D eigenvalue weighted by Crippen LogP contribution is -2.09. The second kappa shape index (κ2) is 4.70. The van der Waals surface area contributed by atoms with Crippen molar-refractivity contribution < 1.29 is 5.11 Å². The fourth-order valence-corrected chi connectivity index (χ4v) is 2.96. The first-order valence-electron chi connectivity index (χ1n) is 7.34. The van der Waals surface area contributed by atoms with E-state index in [2.05, 4.69) is 20.7 Å². The second-order valence-corrected chi connectivity index (χ2v) is 5.76. The van der Waals surface area contributed by atoms with E-state index < -0.39 is 6.10 Å². The van der Waals surface area contributed by atoms with Crippen LogP contribution in [-0.2, 0) is 13.5 Å². The van der Waals surface area contributed by atoms with E-state index in [1.54, 1.807) is 6.20 Å². The molecule has 1 atom stereocenters. The Morgan fingerprint density at radius 2 is 2.14 bits per heavy atom. The van der Waals surface area contributed by atoms with Crippen molar-refractivity contribution in [2.75, 3.05) is 0 Å². The van der Waals surface area contributed by atoms with Crippen LogP contribution >= 0.6 is 0 Å². The minimum Gasteiger partial charge on any atom is -0.386 e. The lowest BCUT2D eigenvalue weighted by Gasteiger charge is -2.12. The Morgan fingerprint density at radius 1 is 1.33 bits per heavy atom. The van der Waals surface area contributed by atoms with Gasteiger partial charge < -0.3 is 9.67 Å². The topological polar surface area (TPSA) is 55.9 Å². The molecule has 0 aliphatic heterocycles. The highest BCUT2D eigenvalue weighted by molar-refractivity contribution is 5.81. The number of benzene rings is 1. The summed E-state index contributed by atoms with van der Waals surface area (Å²) in [4.78, 5) is 4.19. The number of aliphatic hydroxyl groups is 1. The number of nitrogens with zero attached hydrogens (tertiary/aromatic N) is 4. The Labute approximate surface area is 122 Å². The van der Waals surface area contributed by atoms with Gasteiger partial charge in [-0.25, -0.2) is 4.98 Å².